The van der Waals surface area contributed by atoms with Crippen LogP contribution in [0.15, 0.2) is 35.2 Å². The molecule has 1 atom stereocenters. The maximum absolute atomic E-state index is 12.9. The second-order valence-corrected chi connectivity index (χ2v) is 7.11. The van der Waals surface area contributed by atoms with Gasteiger partial charge in [0.1, 0.15) is 6.10 Å². The standard InChI is InChI=1S/C19H23N3O2S/c1-13-11-14(2)21-19(20-13)24-15-7-6-10-22(12-15)18(23)16-8-4-5-9-17(16)25-3/h4-5,8-9,11,15H,6-7,10,12H2,1-3H3. The summed E-state index contributed by atoms with van der Waals surface area (Å²) in [6.07, 6.45) is 3.75. The molecule has 0 N–H and O–H groups in total. The molecule has 1 unspecified atom stereocenters. The number of thioether (sulfide) groups is 1. The van der Waals surface area contributed by atoms with Crippen molar-refractivity contribution in [3.8, 4) is 6.01 Å². The van der Waals surface area contributed by atoms with Crippen LogP contribution in [0.25, 0.3) is 0 Å². The lowest BCUT2D eigenvalue weighted by Gasteiger charge is -2.32. The molecule has 1 aliphatic rings. The molecular weight excluding hydrogens is 334 g/mol. The summed E-state index contributed by atoms with van der Waals surface area (Å²) in [5, 5.41) is 0. The second-order valence-electron chi connectivity index (χ2n) is 6.27. The van der Waals surface area contributed by atoms with Gasteiger partial charge in [-0.1, -0.05) is 12.1 Å². The Morgan fingerprint density at radius 1 is 1.24 bits per heavy atom. The zero-order chi connectivity index (χ0) is 17.8. The Morgan fingerprint density at radius 3 is 2.68 bits per heavy atom. The molecule has 25 heavy (non-hydrogen) atoms. The van der Waals surface area contributed by atoms with Crippen molar-refractivity contribution in [1.82, 2.24) is 14.9 Å². The van der Waals surface area contributed by atoms with Crippen LogP contribution in [0.4, 0.5) is 0 Å². The van der Waals surface area contributed by atoms with Crippen LogP contribution >= 0.6 is 11.8 Å². The number of amides is 1. The number of aryl methyl sites for hydroxylation is 2. The lowest BCUT2D eigenvalue weighted by molar-refractivity contribution is 0.0512. The van der Waals surface area contributed by atoms with Crippen LogP contribution < -0.4 is 4.74 Å². The molecular formula is C19H23N3O2S. The fourth-order valence-corrected chi connectivity index (χ4v) is 3.70. The Labute approximate surface area is 152 Å². The van der Waals surface area contributed by atoms with Gasteiger partial charge in [-0.2, -0.15) is 0 Å². The number of rotatable bonds is 4. The van der Waals surface area contributed by atoms with Crippen molar-refractivity contribution in [1.29, 1.82) is 0 Å². The summed E-state index contributed by atoms with van der Waals surface area (Å²) < 4.78 is 5.97. The van der Waals surface area contributed by atoms with Crippen molar-refractivity contribution in [2.45, 2.75) is 37.7 Å². The van der Waals surface area contributed by atoms with Gasteiger partial charge in [0.2, 0.25) is 0 Å². The van der Waals surface area contributed by atoms with Crippen molar-refractivity contribution in [3.63, 3.8) is 0 Å². The lowest BCUT2D eigenvalue weighted by Crippen LogP contribution is -2.44. The molecule has 0 radical (unpaired) electrons. The predicted molar refractivity (Wildman–Crippen MR) is 99.3 cm³/mol. The van der Waals surface area contributed by atoms with Crippen LogP contribution in [0.5, 0.6) is 6.01 Å². The average Bonchev–Trinajstić information content (AvgIpc) is 2.60. The number of ether oxygens (including phenoxy) is 1. The minimum atomic E-state index is -0.0691. The van der Waals surface area contributed by atoms with Gasteiger partial charge < -0.3 is 9.64 Å². The maximum atomic E-state index is 12.9. The lowest BCUT2D eigenvalue weighted by atomic mass is 10.1. The third kappa shape index (κ3) is 4.31. The summed E-state index contributed by atoms with van der Waals surface area (Å²) in [6.45, 7) is 5.18. The summed E-state index contributed by atoms with van der Waals surface area (Å²) in [5.74, 6) is 0.0691. The van der Waals surface area contributed by atoms with Gasteiger partial charge in [-0.25, -0.2) is 9.97 Å². The number of hydrogen-bond donors (Lipinski definition) is 0. The van der Waals surface area contributed by atoms with Crippen LogP contribution in [0.2, 0.25) is 0 Å². The van der Waals surface area contributed by atoms with Gasteiger partial charge in [0.25, 0.3) is 5.91 Å². The highest BCUT2D eigenvalue weighted by Gasteiger charge is 2.27. The Hall–Kier alpha value is -2.08. The van der Waals surface area contributed by atoms with E-state index < -0.39 is 0 Å². The molecule has 0 aliphatic carbocycles. The zero-order valence-corrected chi connectivity index (χ0v) is 15.7. The van der Waals surface area contributed by atoms with Crippen LogP contribution in [0.3, 0.4) is 0 Å². The first-order valence-electron chi connectivity index (χ1n) is 8.48. The summed E-state index contributed by atoms with van der Waals surface area (Å²) in [7, 11) is 0. The smallest absolute Gasteiger partial charge is 0.317 e. The number of piperidine rings is 1. The van der Waals surface area contributed by atoms with E-state index in [2.05, 4.69) is 9.97 Å². The Kier molecular flexibility index (Phi) is 5.58. The van der Waals surface area contributed by atoms with Crippen LogP contribution in [0, 0.1) is 13.8 Å². The zero-order valence-electron chi connectivity index (χ0n) is 14.9. The molecule has 0 spiro atoms. The molecule has 3 rings (SSSR count). The highest BCUT2D eigenvalue weighted by Crippen LogP contribution is 2.24. The van der Waals surface area contributed by atoms with Gasteiger partial charge in [-0.3, -0.25) is 4.79 Å². The normalized spacial score (nSPS) is 17.4. The topological polar surface area (TPSA) is 55.3 Å². The number of likely N-dealkylation sites (tertiary alicyclic amines) is 1. The van der Waals surface area contributed by atoms with Crippen molar-refractivity contribution in [2.24, 2.45) is 0 Å². The molecule has 0 bridgehead atoms. The van der Waals surface area contributed by atoms with Crippen molar-refractivity contribution < 1.29 is 9.53 Å². The summed E-state index contributed by atoms with van der Waals surface area (Å²) in [4.78, 5) is 24.5. The van der Waals surface area contributed by atoms with E-state index in [1.54, 1.807) is 11.8 Å². The van der Waals surface area contributed by atoms with E-state index in [-0.39, 0.29) is 12.0 Å². The van der Waals surface area contributed by atoms with Gasteiger partial charge in [0, 0.05) is 22.8 Å². The number of aromatic nitrogens is 2. The highest BCUT2D eigenvalue weighted by molar-refractivity contribution is 7.98. The largest absolute Gasteiger partial charge is 0.458 e. The first kappa shape index (κ1) is 17.7. The molecule has 5 nitrogen and oxygen atoms in total. The molecule has 0 saturated carbocycles. The molecule has 1 aromatic carbocycles. The van der Waals surface area contributed by atoms with Crippen molar-refractivity contribution in [2.75, 3.05) is 19.3 Å². The van der Waals surface area contributed by atoms with E-state index in [0.29, 0.717) is 12.6 Å². The fraction of sp³-hybridized carbons (Fsp3) is 0.421. The second kappa shape index (κ2) is 7.87. The highest BCUT2D eigenvalue weighted by atomic mass is 32.2. The molecule has 1 aliphatic heterocycles. The van der Waals surface area contributed by atoms with Gasteiger partial charge in [-0.05, 0) is 51.1 Å². The summed E-state index contributed by atoms with van der Waals surface area (Å²) in [5.41, 5.74) is 2.54. The third-order valence-corrected chi connectivity index (χ3v) is 5.03. The molecule has 132 valence electrons. The first-order chi connectivity index (χ1) is 12.1. The van der Waals surface area contributed by atoms with Crippen molar-refractivity contribution >= 4 is 17.7 Å². The van der Waals surface area contributed by atoms with Crippen LogP contribution in [0.1, 0.15) is 34.6 Å². The molecule has 1 fully saturated rings. The quantitative estimate of drug-likeness (QED) is 0.784. The van der Waals surface area contributed by atoms with E-state index >= 15 is 0 Å². The third-order valence-electron chi connectivity index (χ3n) is 4.24. The summed E-state index contributed by atoms with van der Waals surface area (Å²) in [6, 6.07) is 10.1. The monoisotopic (exact) mass is 357 g/mol. The Bertz CT molecular complexity index is 746. The number of nitrogens with zero attached hydrogens (tertiary/aromatic N) is 3. The Balaban J connectivity index is 1.71. The van der Waals surface area contributed by atoms with Gasteiger partial charge in [-0.15, -0.1) is 11.8 Å². The molecule has 2 aromatic rings. The molecule has 2 heterocycles. The van der Waals surface area contributed by atoms with Crippen LogP contribution in [-0.2, 0) is 0 Å². The van der Waals surface area contributed by atoms with E-state index in [1.807, 2.05) is 55.3 Å². The minimum Gasteiger partial charge on any atom is -0.458 e. The first-order valence-corrected chi connectivity index (χ1v) is 9.70. The maximum Gasteiger partial charge on any atom is 0.317 e. The predicted octanol–water partition coefficient (Wildman–Crippen LogP) is 3.50. The van der Waals surface area contributed by atoms with E-state index in [9.17, 15) is 4.79 Å². The van der Waals surface area contributed by atoms with E-state index in [4.69, 9.17) is 4.74 Å². The molecule has 6 heteroatoms. The number of carbonyl (C=O) groups is 1. The van der Waals surface area contributed by atoms with Gasteiger partial charge >= 0.3 is 6.01 Å². The number of hydrogen-bond acceptors (Lipinski definition) is 5. The van der Waals surface area contributed by atoms with Crippen LogP contribution in [-0.4, -0.2) is 46.2 Å². The molecule has 1 amide bonds. The minimum absolute atomic E-state index is 0.0691. The van der Waals surface area contributed by atoms with Gasteiger partial charge in [0.15, 0.2) is 0 Å². The Morgan fingerprint density at radius 2 is 1.96 bits per heavy atom. The van der Waals surface area contributed by atoms with E-state index in [0.717, 1.165) is 41.2 Å². The number of carbonyl (C=O) groups excluding carboxylic acids is 1. The molecule has 1 saturated heterocycles. The van der Waals surface area contributed by atoms with E-state index in [1.165, 1.54) is 0 Å². The average molecular weight is 357 g/mol. The van der Waals surface area contributed by atoms with Gasteiger partial charge in [0.05, 0.1) is 12.1 Å². The van der Waals surface area contributed by atoms with Crippen molar-refractivity contribution in [3.05, 3.63) is 47.3 Å². The molecule has 1 aromatic heterocycles. The fourth-order valence-electron chi connectivity index (χ4n) is 3.11. The number of benzene rings is 1. The SMILES string of the molecule is CSc1ccccc1C(=O)N1CCCC(Oc2nc(C)cc(C)n2)C1. The summed E-state index contributed by atoms with van der Waals surface area (Å²) >= 11 is 1.60.